The fourth-order valence-electron chi connectivity index (χ4n) is 5.10. The Balaban J connectivity index is 1.33. The standard InChI is InChI=1S/C31H41F5N2O2S/c1-23-27-22-26(40)14-15-28(27)38(29(23)24-10-12-25(39)13-11-24)19-7-5-3-4-6-17-37(2)18-9-21-41-20-8-16-30(32,33)31(34,35)36/h10-15,22,39-40H,3-9,16-21H2,1-2H3. The van der Waals surface area contributed by atoms with Crippen LogP contribution >= 0.6 is 11.8 Å². The second-order valence-electron chi connectivity index (χ2n) is 10.7. The molecule has 0 bridgehead atoms. The zero-order chi connectivity index (χ0) is 30.0. The molecule has 3 rings (SSSR count). The number of aromatic nitrogens is 1. The van der Waals surface area contributed by atoms with Gasteiger partial charge in [0, 0.05) is 23.9 Å². The number of thioether (sulfide) groups is 1. The molecule has 2 N–H and O–H groups in total. The van der Waals surface area contributed by atoms with E-state index in [0.29, 0.717) is 5.75 Å². The molecule has 0 amide bonds. The van der Waals surface area contributed by atoms with E-state index >= 15 is 0 Å². The monoisotopic (exact) mass is 600 g/mol. The van der Waals surface area contributed by atoms with Crippen molar-refractivity contribution >= 4 is 22.7 Å². The Labute approximate surface area is 243 Å². The van der Waals surface area contributed by atoms with Gasteiger partial charge in [-0.25, -0.2) is 0 Å². The normalized spacial score (nSPS) is 12.6. The molecule has 0 unspecified atom stereocenters. The molecule has 41 heavy (non-hydrogen) atoms. The summed E-state index contributed by atoms with van der Waals surface area (Å²) < 4.78 is 64.7. The molecular weight excluding hydrogens is 559 g/mol. The maximum Gasteiger partial charge on any atom is 0.453 e. The fourth-order valence-corrected chi connectivity index (χ4v) is 5.99. The molecule has 0 aliphatic heterocycles. The van der Waals surface area contributed by atoms with Crippen LogP contribution in [0.1, 0.15) is 56.9 Å². The minimum Gasteiger partial charge on any atom is -0.508 e. The average Bonchev–Trinajstić information content (AvgIpc) is 3.17. The number of hydrogen-bond acceptors (Lipinski definition) is 4. The minimum atomic E-state index is -5.46. The molecule has 3 aromatic rings. The molecular formula is C31H41F5N2O2S. The van der Waals surface area contributed by atoms with E-state index < -0.39 is 18.5 Å². The van der Waals surface area contributed by atoms with Crippen molar-refractivity contribution in [3.05, 3.63) is 48.0 Å². The summed E-state index contributed by atoms with van der Waals surface area (Å²) in [7, 11) is 2.05. The van der Waals surface area contributed by atoms with Gasteiger partial charge in [0.2, 0.25) is 0 Å². The fraction of sp³-hybridized carbons (Fsp3) is 0.548. The SMILES string of the molecule is Cc1c(-c2ccc(O)cc2)n(CCCCCCCN(C)CCCSCCCC(F)(F)C(F)(F)F)c2ccc(O)cc12. The van der Waals surface area contributed by atoms with Crippen LogP contribution in [0.4, 0.5) is 22.0 Å². The predicted molar refractivity (Wildman–Crippen MR) is 158 cm³/mol. The van der Waals surface area contributed by atoms with Gasteiger partial charge >= 0.3 is 12.1 Å². The first-order chi connectivity index (χ1) is 19.4. The van der Waals surface area contributed by atoms with Crippen LogP contribution in [0.25, 0.3) is 22.2 Å². The molecule has 0 saturated carbocycles. The minimum absolute atomic E-state index is 0.144. The Hall–Kier alpha value is -2.46. The summed E-state index contributed by atoms with van der Waals surface area (Å²) in [5.74, 6) is -3.06. The lowest BCUT2D eigenvalue weighted by atomic mass is 10.1. The number of phenols is 2. The molecule has 0 aliphatic carbocycles. The zero-order valence-corrected chi connectivity index (χ0v) is 24.6. The number of alkyl halides is 5. The second-order valence-corrected chi connectivity index (χ2v) is 11.9. The second kappa shape index (κ2) is 15.1. The lowest BCUT2D eigenvalue weighted by molar-refractivity contribution is -0.284. The van der Waals surface area contributed by atoms with Gasteiger partial charge in [0.05, 0.1) is 5.69 Å². The third-order valence-electron chi connectivity index (χ3n) is 7.39. The van der Waals surface area contributed by atoms with Gasteiger partial charge in [0.1, 0.15) is 11.5 Å². The Kier molecular flexibility index (Phi) is 12.2. The van der Waals surface area contributed by atoms with E-state index in [9.17, 15) is 32.2 Å². The number of aromatic hydroxyl groups is 2. The number of rotatable bonds is 17. The number of benzene rings is 2. The summed E-state index contributed by atoms with van der Waals surface area (Å²) in [4.78, 5) is 2.24. The molecule has 0 saturated heterocycles. The molecule has 10 heteroatoms. The number of hydrogen-bond donors (Lipinski definition) is 2. The molecule has 1 aromatic heterocycles. The zero-order valence-electron chi connectivity index (χ0n) is 23.8. The molecule has 0 aliphatic rings. The highest BCUT2D eigenvalue weighted by Gasteiger charge is 2.56. The van der Waals surface area contributed by atoms with E-state index in [-0.39, 0.29) is 17.9 Å². The topological polar surface area (TPSA) is 48.6 Å². The summed E-state index contributed by atoms with van der Waals surface area (Å²) >= 11 is 1.43. The Bertz CT molecular complexity index is 1230. The largest absolute Gasteiger partial charge is 0.508 e. The number of phenolic OH excluding ortho intramolecular Hbond substituents is 2. The Morgan fingerprint density at radius 2 is 1.39 bits per heavy atom. The molecule has 0 radical (unpaired) electrons. The van der Waals surface area contributed by atoms with E-state index in [1.54, 1.807) is 24.3 Å². The van der Waals surface area contributed by atoms with Crippen molar-refractivity contribution < 1.29 is 32.2 Å². The lowest BCUT2D eigenvalue weighted by Crippen LogP contribution is -2.36. The van der Waals surface area contributed by atoms with Crippen molar-refractivity contribution in [2.75, 3.05) is 31.6 Å². The van der Waals surface area contributed by atoms with Gasteiger partial charge in [0.15, 0.2) is 0 Å². The van der Waals surface area contributed by atoms with Gasteiger partial charge < -0.3 is 19.7 Å². The quantitative estimate of drug-likeness (QED) is 0.120. The number of aryl methyl sites for hydroxylation is 2. The van der Waals surface area contributed by atoms with Crippen molar-refractivity contribution in [2.24, 2.45) is 0 Å². The van der Waals surface area contributed by atoms with Crippen LogP contribution in [0.2, 0.25) is 0 Å². The first kappa shape index (κ1) is 33.0. The van der Waals surface area contributed by atoms with Crippen molar-refractivity contribution in [2.45, 2.75) is 76.9 Å². The van der Waals surface area contributed by atoms with Crippen LogP contribution in [-0.4, -0.2) is 63.4 Å². The number of nitrogens with zero attached hydrogens (tertiary/aromatic N) is 2. The van der Waals surface area contributed by atoms with Crippen LogP contribution in [-0.2, 0) is 6.54 Å². The van der Waals surface area contributed by atoms with Gasteiger partial charge in [-0.05, 0) is 118 Å². The predicted octanol–water partition coefficient (Wildman–Crippen LogP) is 9.01. The van der Waals surface area contributed by atoms with Crippen molar-refractivity contribution in [1.29, 1.82) is 0 Å². The Morgan fingerprint density at radius 3 is 2.10 bits per heavy atom. The van der Waals surface area contributed by atoms with Crippen molar-refractivity contribution in [3.8, 4) is 22.8 Å². The highest BCUT2D eigenvalue weighted by atomic mass is 32.2. The van der Waals surface area contributed by atoms with E-state index in [4.69, 9.17) is 0 Å². The molecule has 0 fully saturated rings. The summed E-state index contributed by atoms with van der Waals surface area (Å²) in [6.45, 7) is 4.77. The van der Waals surface area contributed by atoms with E-state index in [2.05, 4.69) is 23.4 Å². The summed E-state index contributed by atoms with van der Waals surface area (Å²) in [5.41, 5.74) is 4.32. The molecule has 4 nitrogen and oxygen atoms in total. The maximum absolute atomic E-state index is 12.9. The number of fused-ring (bicyclic) bond motifs is 1. The van der Waals surface area contributed by atoms with Gasteiger partial charge in [-0.2, -0.15) is 33.7 Å². The van der Waals surface area contributed by atoms with Gasteiger partial charge in [-0.15, -0.1) is 0 Å². The van der Waals surface area contributed by atoms with E-state index in [1.165, 1.54) is 11.8 Å². The highest BCUT2D eigenvalue weighted by Crippen LogP contribution is 2.39. The molecule has 228 valence electrons. The van der Waals surface area contributed by atoms with Crippen LogP contribution < -0.4 is 0 Å². The summed E-state index contributed by atoms with van der Waals surface area (Å²) in [6.07, 6.45) is -0.417. The smallest absolute Gasteiger partial charge is 0.453 e. The van der Waals surface area contributed by atoms with E-state index in [0.717, 1.165) is 91.6 Å². The molecule has 2 aromatic carbocycles. The van der Waals surface area contributed by atoms with Crippen LogP contribution in [0.15, 0.2) is 42.5 Å². The molecule has 0 spiro atoms. The maximum atomic E-state index is 12.9. The molecule has 0 atom stereocenters. The van der Waals surface area contributed by atoms with Crippen LogP contribution in [0.5, 0.6) is 11.5 Å². The first-order valence-corrected chi connectivity index (χ1v) is 15.4. The number of unbranched alkanes of at least 4 members (excludes halogenated alkanes) is 4. The first-order valence-electron chi connectivity index (χ1n) is 14.2. The lowest BCUT2D eigenvalue weighted by Gasteiger charge is -2.19. The van der Waals surface area contributed by atoms with Gasteiger partial charge in [-0.1, -0.05) is 19.3 Å². The Morgan fingerprint density at radius 1 is 0.780 bits per heavy atom. The highest BCUT2D eigenvalue weighted by molar-refractivity contribution is 7.99. The van der Waals surface area contributed by atoms with Crippen LogP contribution in [0.3, 0.4) is 0 Å². The van der Waals surface area contributed by atoms with Gasteiger partial charge in [-0.3, -0.25) is 0 Å². The number of halogens is 5. The third kappa shape index (κ3) is 9.53. The average molecular weight is 601 g/mol. The van der Waals surface area contributed by atoms with E-state index in [1.807, 2.05) is 18.2 Å². The van der Waals surface area contributed by atoms with Crippen LogP contribution in [0, 0.1) is 6.92 Å². The van der Waals surface area contributed by atoms with Crippen molar-refractivity contribution in [3.63, 3.8) is 0 Å². The summed E-state index contributed by atoms with van der Waals surface area (Å²) in [6, 6.07) is 12.7. The third-order valence-corrected chi connectivity index (χ3v) is 8.54. The molecule has 1 heterocycles. The van der Waals surface area contributed by atoms with Gasteiger partial charge in [0.25, 0.3) is 0 Å². The van der Waals surface area contributed by atoms with Crippen molar-refractivity contribution in [1.82, 2.24) is 9.47 Å². The summed E-state index contributed by atoms with van der Waals surface area (Å²) in [5, 5.41) is 20.8.